The van der Waals surface area contributed by atoms with Gasteiger partial charge in [-0.2, -0.15) is 0 Å². The lowest BCUT2D eigenvalue weighted by molar-refractivity contribution is 0.176. The molecule has 1 aliphatic rings. The first-order chi connectivity index (χ1) is 20.6. The van der Waals surface area contributed by atoms with Crippen LogP contribution in [0.2, 0.25) is 5.02 Å². The number of sulfonamides is 1. The first-order valence-electron chi connectivity index (χ1n) is 13.9. The van der Waals surface area contributed by atoms with Crippen molar-refractivity contribution >= 4 is 38.2 Å². The summed E-state index contributed by atoms with van der Waals surface area (Å²) in [6, 6.07) is 12.2. The number of pyridine rings is 1. The summed E-state index contributed by atoms with van der Waals surface area (Å²) in [5, 5.41) is 0.630. The predicted molar refractivity (Wildman–Crippen MR) is 162 cm³/mol. The van der Waals surface area contributed by atoms with Crippen LogP contribution < -0.4 is 18.9 Å². The van der Waals surface area contributed by atoms with Crippen molar-refractivity contribution in [2.24, 2.45) is 5.92 Å². The second kappa shape index (κ2) is 13.3. The van der Waals surface area contributed by atoms with E-state index >= 15 is 0 Å². The second-order valence-electron chi connectivity index (χ2n) is 10.5. The third-order valence-electron chi connectivity index (χ3n) is 7.34. The molecule has 5 rings (SSSR count). The molecule has 0 unspecified atom stereocenters. The van der Waals surface area contributed by atoms with Crippen LogP contribution in [0.1, 0.15) is 26.2 Å². The quantitative estimate of drug-likeness (QED) is 0.174. The van der Waals surface area contributed by atoms with Crippen molar-refractivity contribution in [3.63, 3.8) is 0 Å². The number of fused-ring (bicyclic) bond motifs is 1. The van der Waals surface area contributed by atoms with Gasteiger partial charge >= 0.3 is 0 Å². The molecule has 0 aliphatic carbocycles. The Morgan fingerprint density at radius 3 is 2.49 bits per heavy atom. The number of anilines is 1. The van der Waals surface area contributed by atoms with Crippen molar-refractivity contribution in [1.29, 1.82) is 0 Å². The van der Waals surface area contributed by atoms with Crippen LogP contribution in [0.4, 0.5) is 14.5 Å². The number of piperidine rings is 1. The number of nitrogens with one attached hydrogen (secondary N) is 1. The molecule has 0 radical (unpaired) electrons. The fourth-order valence-electron chi connectivity index (χ4n) is 4.95. The molecule has 0 spiro atoms. The molecule has 2 heterocycles. The maximum atomic E-state index is 14.2. The number of aromatic nitrogens is 1. The molecular weight excluding hydrogens is 600 g/mol. The van der Waals surface area contributed by atoms with Gasteiger partial charge in [0.1, 0.15) is 23.1 Å². The lowest BCUT2D eigenvalue weighted by atomic mass is 9.99. The Morgan fingerprint density at radius 2 is 1.77 bits per heavy atom. The standard InChI is InChI=1S/C31H32ClF2N3O5S/c1-20-10-14-37(15-11-20)13-4-16-41-30-19-26-22(18-29(30)40-2)28(9-12-35-26)42-21-7-8-23(32)27(17-21)36-43(38,39)31-24(33)5-3-6-25(31)34/h3,5-9,12,17-20,36H,4,10-11,13-16H2,1-2H3. The van der Waals surface area contributed by atoms with E-state index in [0.717, 1.165) is 50.2 Å². The van der Waals surface area contributed by atoms with E-state index in [0.29, 0.717) is 34.8 Å². The average molecular weight is 632 g/mol. The number of rotatable bonds is 11. The Bertz CT molecular complexity index is 1700. The van der Waals surface area contributed by atoms with Crippen LogP contribution in [0, 0.1) is 17.6 Å². The first-order valence-corrected chi connectivity index (χ1v) is 15.8. The van der Waals surface area contributed by atoms with Gasteiger partial charge < -0.3 is 19.1 Å². The van der Waals surface area contributed by atoms with Gasteiger partial charge in [0.15, 0.2) is 16.4 Å². The van der Waals surface area contributed by atoms with E-state index in [9.17, 15) is 17.2 Å². The van der Waals surface area contributed by atoms with Crippen molar-refractivity contribution in [1.82, 2.24) is 9.88 Å². The maximum absolute atomic E-state index is 14.2. The number of ether oxygens (including phenoxy) is 3. The Labute approximate surface area is 254 Å². The fraction of sp³-hybridized carbons (Fsp3) is 0.323. The molecular formula is C31H32ClF2N3O5S. The van der Waals surface area contributed by atoms with Crippen LogP contribution in [0.15, 0.2) is 65.7 Å². The molecule has 1 saturated heterocycles. The van der Waals surface area contributed by atoms with Gasteiger partial charge in [-0.15, -0.1) is 0 Å². The number of benzene rings is 3. The van der Waals surface area contributed by atoms with Crippen LogP contribution >= 0.6 is 11.6 Å². The summed E-state index contributed by atoms with van der Waals surface area (Å²) >= 11 is 6.21. The molecule has 1 N–H and O–H groups in total. The summed E-state index contributed by atoms with van der Waals surface area (Å²) in [5.74, 6) is 0.0350. The molecule has 0 bridgehead atoms. The van der Waals surface area contributed by atoms with Gasteiger partial charge in [-0.1, -0.05) is 24.6 Å². The molecule has 4 aromatic rings. The Morgan fingerprint density at radius 1 is 1.02 bits per heavy atom. The minimum Gasteiger partial charge on any atom is -0.493 e. The van der Waals surface area contributed by atoms with Gasteiger partial charge in [0.2, 0.25) is 0 Å². The van der Waals surface area contributed by atoms with Gasteiger partial charge in [-0.05, 0) is 74.7 Å². The summed E-state index contributed by atoms with van der Waals surface area (Å²) in [7, 11) is -3.09. The highest BCUT2D eigenvalue weighted by molar-refractivity contribution is 7.92. The van der Waals surface area contributed by atoms with E-state index in [-0.39, 0.29) is 16.5 Å². The molecule has 43 heavy (non-hydrogen) atoms. The van der Waals surface area contributed by atoms with Crippen LogP contribution in [0.3, 0.4) is 0 Å². The first kappa shape index (κ1) is 30.8. The molecule has 3 aromatic carbocycles. The van der Waals surface area contributed by atoms with Gasteiger partial charge in [0.25, 0.3) is 10.0 Å². The molecule has 1 fully saturated rings. The molecule has 0 amide bonds. The molecule has 1 aliphatic heterocycles. The van der Waals surface area contributed by atoms with E-state index in [1.165, 1.54) is 31.0 Å². The third-order valence-corrected chi connectivity index (χ3v) is 9.08. The zero-order valence-electron chi connectivity index (χ0n) is 23.8. The number of methoxy groups -OCH3 is 1. The SMILES string of the molecule is COc1cc2c(Oc3ccc(Cl)c(NS(=O)(=O)c4c(F)cccc4F)c3)ccnc2cc1OCCCN1CCC(C)CC1. The van der Waals surface area contributed by atoms with E-state index < -0.39 is 26.6 Å². The van der Waals surface area contributed by atoms with E-state index in [4.69, 9.17) is 25.8 Å². The fourth-order valence-corrected chi connectivity index (χ4v) is 6.38. The van der Waals surface area contributed by atoms with Crippen molar-refractivity contribution in [2.45, 2.75) is 31.1 Å². The largest absolute Gasteiger partial charge is 0.493 e. The van der Waals surface area contributed by atoms with Gasteiger partial charge in [-0.3, -0.25) is 9.71 Å². The summed E-state index contributed by atoms with van der Waals surface area (Å²) in [5.41, 5.74) is 0.482. The summed E-state index contributed by atoms with van der Waals surface area (Å²) in [4.78, 5) is 5.81. The summed E-state index contributed by atoms with van der Waals surface area (Å²) in [6.07, 6.45) is 4.93. The third kappa shape index (κ3) is 7.29. The highest BCUT2D eigenvalue weighted by Crippen LogP contribution is 2.38. The number of halogens is 3. The Hall–Kier alpha value is -3.67. The van der Waals surface area contributed by atoms with Gasteiger partial charge in [0, 0.05) is 30.3 Å². The normalized spacial score (nSPS) is 14.5. The van der Waals surface area contributed by atoms with Crippen molar-refractivity contribution in [3.05, 3.63) is 77.5 Å². The zero-order valence-corrected chi connectivity index (χ0v) is 25.4. The topological polar surface area (TPSA) is 90.0 Å². The van der Waals surface area contributed by atoms with Gasteiger partial charge in [-0.25, -0.2) is 17.2 Å². The lowest BCUT2D eigenvalue weighted by Gasteiger charge is -2.30. The van der Waals surface area contributed by atoms with Crippen LogP contribution in [-0.4, -0.2) is 51.7 Å². The average Bonchev–Trinajstić information content (AvgIpc) is 2.97. The smallest absolute Gasteiger partial charge is 0.267 e. The number of hydrogen-bond donors (Lipinski definition) is 1. The van der Waals surface area contributed by atoms with Crippen LogP contribution in [0.25, 0.3) is 10.9 Å². The minimum atomic E-state index is -4.64. The van der Waals surface area contributed by atoms with Crippen molar-refractivity contribution < 1.29 is 31.4 Å². The molecule has 12 heteroatoms. The molecule has 228 valence electrons. The second-order valence-corrected chi connectivity index (χ2v) is 12.5. The summed E-state index contributed by atoms with van der Waals surface area (Å²) < 4.78 is 73.9. The highest BCUT2D eigenvalue weighted by atomic mass is 35.5. The molecule has 8 nitrogen and oxygen atoms in total. The lowest BCUT2D eigenvalue weighted by Crippen LogP contribution is -2.34. The number of likely N-dealkylation sites (tertiary alicyclic amines) is 1. The monoisotopic (exact) mass is 631 g/mol. The van der Waals surface area contributed by atoms with E-state index in [1.54, 1.807) is 31.5 Å². The Balaban J connectivity index is 1.32. The Kier molecular flexibility index (Phi) is 9.53. The minimum absolute atomic E-state index is 0.00515. The molecule has 0 saturated carbocycles. The number of nitrogens with zero attached hydrogens (tertiary/aromatic N) is 2. The predicted octanol–water partition coefficient (Wildman–Crippen LogP) is 7.27. The highest BCUT2D eigenvalue weighted by Gasteiger charge is 2.25. The summed E-state index contributed by atoms with van der Waals surface area (Å²) in [6.45, 7) is 6.06. The van der Waals surface area contributed by atoms with Crippen molar-refractivity contribution in [3.8, 4) is 23.0 Å². The number of hydrogen-bond acceptors (Lipinski definition) is 7. The molecule has 1 aromatic heterocycles. The van der Waals surface area contributed by atoms with Crippen LogP contribution in [-0.2, 0) is 10.0 Å². The zero-order chi connectivity index (χ0) is 30.6. The van der Waals surface area contributed by atoms with Crippen LogP contribution in [0.5, 0.6) is 23.0 Å². The maximum Gasteiger partial charge on any atom is 0.267 e. The van der Waals surface area contributed by atoms with Crippen molar-refractivity contribution in [2.75, 3.05) is 38.1 Å². The van der Waals surface area contributed by atoms with Gasteiger partial charge in [0.05, 0.1) is 29.9 Å². The molecule has 0 atom stereocenters. The van der Waals surface area contributed by atoms with E-state index in [2.05, 4.69) is 21.5 Å². The van der Waals surface area contributed by atoms with E-state index in [1.807, 2.05) is 0 Å².